The summed E-state index contributed by atoms with van der Waals surface area (Å²) < 4.78 is 4.93. The average Bonchev–Trinajstić information content (AvgIpc) is 2.46. The van der Waals surface area contributed by atoms with Crippen molar-refractivity contribution in [3.8, 4) is 0 Å². The smallest absolute Gasteiger partial charge is 0.225 e. The van der Waals surface area contributed by atoms with Crippen LogP contribution in [0.1, 0.15) is 33.1 Å². The Kier molecular flexibility index (Phi) is 5.70. The monoisotopic (exact) mass is 303 g/mol. The summed E-state index contributed by atoms with van der Waals surface area (Å²) in [6.45, 7) is 5.04. The largest absolute Gasteiger partial charge is 0.409 e. The van der Waals surface area contributed by atoms with Crippen LogP contribution in [0.4, 0.5) is 0 Å². The summed E-state index contributed by atoms with van der Waals surface area (Å²) in [5.41, 5.74) is 5.35. The number of methoxy groups -OCH3 is 1. The first-order valence-electron chi connectivity index (χ1n) is 6.66. The molecule has 1 aliphatic rings. The van der Waals surface area contributed by atoms with Crippen LogP contribution >= 0.6 is 11.8 Å². The molecule has 0 spiro atoms. The molecule has 1 heterocycles. The second-order valence-corrected chi connectivity index (χ2v) is 6.89. The number of carbonyl (C=O) groups excluding carboxylic acids is 1. The van der Waals surface area contributed by atoms with Crippen LogP contribution in [0.3, 0.4) is 0 Å². The van der Waals surface area contributed by atoms with E-state index in [1.807, 2.05) is 25.0 Å². The maximum Gasteiger partial charge on any atom is 0.225 e. The number of piperidine rings is 1. The van der Waals surface area contributed by atoms with Gasteiger partial charge in [0.25, 0.3) is 0 Å². The van der Waals surface area contributed by atoms with Gasteiger partial charge in [0.05, 0.1) is 16.8 Å². The molecule has 6 nitrogen and oxygen atoms in total. The van der Waals surface area contributed by atoms with Gasteiger partial charge in [0.2, 0.25) is 5.91 Å². The van der Waals surface area contributed by atoms with Crippen molar-refractivity contribution in [1.82, 2.24) is 4.90 Å². The van der Waals surface area contributed by atoms with Crippen LogP contribution in [-0.2, 0) is 9.53 Å². The van der Waals surface area contributed by atoms with Crippen molar-refractivity contribution in [2.75, 3.05) is 26.5 Å². The van der Waals surface area contributed by atoms with Crippen LogP contribution in [0.25, 0.3) is 0 Å². The number of oxime groups is 1. The van der Waals surface area contributed by atoms with E-state index in [-0.39, 0.29) is 16.5 Å². The molecule has 1 amide bonds. The molecule has 116 valence electrons. The molecule has 0 aliphatic carbocycles. The zero-order valence-electron chi connectivity index (χ0n) is 12.7. The zero-order chi connectivity index (χ0) is 15.4. The van der Waals surface area contributed by atoms with Crippen molar-refractivity contribution >= 4 is 23.5 Å². The number of hydrogen-bond donors (Lipinski definition) is 2. The molecule has 0 bridgehead atoms. The fraction of sp³-hybridized carbons (Fsp3) is 0.846. The molecular formula is C13H25N3O3S. The van der Waals surface area contributed by atoms with Crippen molar-refractivity contribution in [2.24, 2.45) is 10.9 Å². The Hall–Kier alpha value is -0.950. The summed E-state index contributed by atoms with van der Waals surface area (Å²) in [5, 5.41) is 12.0. The van der Waals surface area contributed by atoms with Crippen LogP contribution < -0.4 is 5.73 Å². The molecular weight excluding hydrogens is 278 g/mol. The maximum absolute atomic E-state index is 12.2. The Bertz CT molecular complexity index is 377. The minimum atomic E-state index is -0.448. The van der Waals surface area contributed by atoms with E-state index in [0.29, 0.717) is 32.4 Å². The number of rotatable bonds is 5. The first-order valence-corrected chi connectivity index (χ1v) is 7.89. The predicted octanol–water partition coefficient (Wildman–Crippen LogP) is 1.27. The molecule has 0 aromatic heterocycles. The molecule has 0 atom stereocenters. The Morgan fingerprint density at radius 3 is 2.45 bits per heavy atom. The molecule has 1 saturated heterocycles. The Morgan fingerprint density at radius 2 is 2.05 bits per heavy atom. The number of amidine groups is 1. The third kappa shape index (κ3) is 3.79. The van der Waals surface area contributed by atoms with Gasteiger partial charge in [-0.05, 0) is 32.9 Å². The van der Waals surface area contributed by atoms with E-state index in [4.69, 9.17) is 15.7 Å². The summed E-state index contributed by atoms with van der Waals surface area (Å²) in [5.74, 6) is 0.334. The van der Waals surface area contributed by atoms with Gasteiger partial charge in [0, 0.05) is 20.2 Å². The van der Waals surface area contributed by atoms with Crippen LogP contribution in [0.15, 0.2) is 5.16 Å². The lowest BCUT2D eigenvalue weighted by molar-refractivity contribution is -0.137. The van der Waals surface area contributed by atoms with Gasteiger partial charge in [-0.1, -0.05) is 5.16 Å². The third-order valence-electron chi connectivity index (χ3n) is 4.02. The first kappa shape index (κ1) is 17.1. The van der Waals surface area contributed by atoms with Crippen LogP contribution in [-0.4, -0.2) is 58.7 Å². The van der Waals surface area contributed by atoms with Gasteiger partial charge < -0.3 is 20.6 Å². The number of likely N-dealkylation sites (tertiary alicyclic amines) is 1. The normalized spacial score (nSPS) is 20.0. The fourth-order valence-corrected chi connectivity index (χ4v) is 3.16. The molecule has 0 aromatic rings. The highest BCUT2D eigenvalue weighted by Crippen LogP contribution is 2.35. The number of carbonyl (C=O) groups is 1. The highest BCUT2D eigenvalue weighted by Gasteiger charge is 2.39. The first-order chi connectivity index (χ1) is 9.30. The summed E-state index contributed by atoms with van der Waals surface area (Å²) >= 11 is 1.58. The molecule has 0 radical (unpaired) electrons. The standard InChI is InChI=1S/C13H25N3O3S/c1-12(2,19-3)9-10(17)16-7-5-13(20-4,6-8-16)11(14)15-18/h18H,5-9H2,1-4H3,(H2,14,15). The van der Waals surface area contributed by atoms with Gasteiger partial charge in [-0.3, -0.25) is 4.79 Å². The predicted molar refractivity (Wildman–Crippen MR) is 81.2 cm³/mol. The summed E-state index contributed by atoms with van der Waals surface area (Å²) in [4.78, 5) is 14.1. The number of nitrogens with two attached hydrogens (primary N) is 1. The summed E-state index contributed by atoms with van der Waals surface area (Å²) in [6, 6.07) is 0. The number of thioether (sulfide) groups is 1. The van der Waals surface area contributed by atoms with Crippen LogP contribution in [0.5, 0.6) is 0 Å². The fourth-order valence-electron chi connectivity index (χ4n) is 2.32. The lowest BCUT2D eigenvalue weighted by Gasteiger charge is -2.40. The summed E-state index contributed by atoms with van der Waals surface area (Å²) in [7, 11) is 1.61. The Balaban J connectivity index is 2.64. The van der Waals surface area contributed by atoms with Gasteiger partial charge in [-0.15, -0.1) is 0 Å². The number of ether oxygens (including phenoxy) is 1. The van der Waals surface area contributed by atoms with Crippen LogP contribution in [0, 0.1) is 0 Å². The molecule has 0 aromatic carbocycles. The molecule has 3 N–H and O–H groups in total. The average molecular weight is 303 g/mol. The molecule has 0 saturated carbocycles. The van der Waals surface area contributed by atoms with Crippen molar-refractivity contribution < 1.29 is 14.7 Å². The molecule has 0 unspecified atom stereocenters. The lowest BCUT2D eigenvalue weighted by atomic mass is 9.93. The molecule has 7 heteroatoms. The quantitative estimate of drug-likeness (QED) is 0.346. The SMILES string of the molecule is COC(C)(C)CC(=O)N1CCC(SC)(C(N)=NO)CC1. The van der Waals surface area contributed by atoms with Gasteiger partial charge >= 0.3 is 0 Å². The van der Waals surface area contributed by atoms with Crippen LogP contribution in [0.2, 0.25) is 0 Å². The third-order valence-corrected chi connectivity index (χ3v) is 5.42. The zero-order valence-corrected chi connectivity index (χ0v) is 13.5. The van der Waals surface area contributed by atoms with E-state index in [2.05, 4.69) is 5.16 Å². The van der Waals surface area contributed by atoms with Crippen molar-refractivity contribution in [3.05, 3.63) is 0 Å². The molecule has 20 heavy (non-hydrogen) atoms. The summed E-state index contributed by atoms with van der Waals surface area (Å²) in [6.07, 6.45) is 3.70. The topological polar surface area (TPSA) is 88.2 Å². The molecule has 1 aliphatic heterocycles. The molecule has 1 fully saturated rings. The van der Waals surface area contributed by atoms with Crippen molar-refractivity contribution in [2.45, 2.75) is 43.5 Å². The minimum absolute atomic E-state index is 0.0889. The number of nitrogens with zero attached hydrogens (tertiary/aromatic N) is 2. The Morgan fingerprint density at radius 1 is 1.50 bits per heavy atom. The van der Waals surface area contributed by atoms with Gasteiger partial charge in [-0.2, -0.15) is 11.8 Å². The van der Waals surface area contributed by atoms with E-state index >= 15 is 0 Å². The van der Waals surface area contributed by atoms with Gasteiger partial charge in [-0.25, -0.2) is 0 Å². The van der Waals surface area contributed by atoms with E-state index in [0.717, 1.165) is 0 Å². The second kappa shape index (κ2) is 6.67. The minimum Gasteiger partial charge on any atom is -0.409 e. The van der Waals surface area contributed by atoms with E-state index in [9.17, 15) is 4.79 Å². The van der Waals surface area contributed by atoms with E-state index in [1.54, 1.807) is 18.9 Å². The lowest BCUT2D eigenvalue weighted by Crippen LogP contribution is -2.52. The Labute approximate surface area is 124 Å². The van der Waals surface area contributed by atoms with Crippen molar-refractivity contribution in [3.63, 3.8) is 0 Å². The van der Waals surface area contributed by atoms with Gasteiger partial charge in [0.1, 0.15) is 0 Å². The van der Waals surface area contributed by atoms with E-state index in [1.165, 1.54) is 0 Å². The highest BCUT2D eigenvalue weighted by atomic mass is 32.2. The number of amides is 1. The van der Waals surface area contributed by atoms with Crippen molar-refractivity contribution in [1.29, 1.82) is 0 Å². The van der Waals surface area contributed by atoms with Gasteiger partial charge in [0.15, 0.2) is 5.84 Å². The maximum atomic E-state index is 12.2. The second-order valence-electron chi connectivity index (χ2n) is 5.71. The number of hydrogen-bond acceptors (Lipinski definition) is 5. The van der Waals surface area contributed by atoms with E-state index < -0.39 is 5.60 Å². The highest BCUT2D eigenvalue weighted by molar-refractivity contribution is 8.00. The molecule has 1 rings (SSSR count).